The molecular weight excluding hydrogens is 464 g/mol. The molecule has 2 heterocycles. The first kappa shape index (κ1) is 24.2. The standard InChI is InChI=1S/C26H26N4O4S.H2/c1-33-21-7-3-18(4-8-21)13-16-29-23(17-24(31)28-19-5-9-22(34-2)10-6-19)25(32)30(26(29)35)20-11-14-27-15-12-20;/h3-12,14-15,23H,13,16-17H2,1-2H3,(H,28,31);1H. The van der Waals surface area contributed by atoms with Gasteiger partial charge >= 0.3 is 0 Å². The van der Waals surface area contributed by atoms with Crippen molar-refractivity contribution in [3.05, 3.63) is 78.6 Å². The minimum absolute atomic E-state index is 0. The second kappa shape index (κ2) is 11.0. The zero-order chi connectivity index (χ0) is 24.8. The predicted octanol–water partition coefficient (Wildman–Crippen LogP) is 3.92. The van der Waals surface area contributed by atoms with Crippen LogP contribution in [0.15, 0.2) is 73.1 Å². The summed E-state index contributed by atoms with van der Waals surface area (Å²) in [4.78, 5) is 33.7. The van der Waals surface area contributed by atoms with Crippen LogP contribution in [0, 0.1) is 0 Å². The SMILES string of the molecule is COc1ccc(CCN2C(=S)N(c3ccncc3)C(=O)C2CC(=O)Nc2ccc(OC)cc2)cc1.[HH]. The fourth-order valence-electron chi connectivity index (χ4n) is 3.92. The van der Waals surface area contributed by atoms with E-state index in [1.807, 2.05) is 29.2 Å². The van der Waals surface area contributed by atoms with Gasteiger partial charge in [-0.1, -0.05) is 12.1 Å². The van der Waals surface area contributed by atoms with Gasteiger partial charge in [-0.05, 0) is 72.7 Å². The number of nitrogens with zero attached hydrogens (tertiary/aromatic N) is 3. The molecule has 0 radical (unpaired) electrons. The van der Waals surface area contributed by atoms with Crippen molar-refractivity contribution in [2.24, 2.45) is 0 Å². The van der Waals surface area contributed by atoms with E-state index in [9.17, 15) is 9.59 Å². The van der Waals surface area contributed by atoms with Crippen LogP contribution in [0.25, 0.3) is 0 Å². The van der Waals surface area contributed by atoms with Crippen molar-refractivity contribution >= 4 is 40.5 Å². The summed E-state index contributed by atoms with van der Waals surface area (Å²) in [7, 11) is 3.20. The molecule has 1 aliphatic rings. The van der Waals surface area contributed by atoms with Gasteiger partial charge in [-0.25, -0.2) is 0 Å². The third kappa shape index (κ3) is 5.58. The number of thiocarbonyl (C=S) groups is 1. The first-order chi connectivity index (χ1) is 17.0. The van der Waals surface area contributed by atoms with Gasteiger partial charge in [0.1, 0.15) is 17.5 Å². The van der Waals surface area contributed by atoms with E-state index in [0.29, 0.717) is 35.2 Å². The van der Waals surface area contributed by atoms with E-state index in [0.717, 1.165) is 11.3 Å². The summed E-state index contributed by atoms with van der Waals surface area (Å²) < 4.78 is 10.4. The molecule has 0 bridgehead atoms. The number of carbonyl (C=O) groups excluding carboxylic acids is 2. The molecule has 1 unspecified atom stereocenters. The third-order valence-electron chi connectivity index (χ3n) is 5.79. The van der Waals surface area contributed by atoms with Crippen LogP contribution in [0.2, 0.25) is 0 Å². The maximum atomic E-state index is 13.5. The number of amides is 2. The maximum Gasteiger partial charge on any atom is 0.256 e. The predicted molar refractivity (Wildman–Crippen MR) is 140 cm³/mol. The molecule has 0 spiro atoms. The quantitative estimate of drug-likeness (QED) is 0.453. The van der Waals surface area contributed by atoms with Gasteiger partial charge in [-0.3, -0.25) is 19.5 Å². The number of hydrogen-bond acceptors (Lipinski definition) is 6. The summed E-state index contributed by atoms with van der Waals surface area (Å²) in [5.74, 6) is 0.956. The topological polar surface area (TPSA) is 84.0 Å². The second-order valence-corrected chi connectivity index (χ2v) is 8.31. The number of ether oxygens (including phenoxy) is 2. The highest BCUT2D eigenvalue weighted by atomic mass is 32.1. The number of rotatable bonds is 9. The lowest BCUT2D eigenvalue weighted by atomic mass is 10.1. The van der Waals surface area contributed by atoms with E-state index in [2.05, 4.69) is 10.3 Å². The van der Waals surface area contributed by atoms with Crippen LogP contribution in [0.5, 0.6) is 11.5 Å². The van der Waals surface area contributed by atoms with Crippen molar-refractivity contribution in [2.75, 3.05) is 31.0 Å². The average Bonchev–Trinajstić information content (AvgIpc) is 3.12. The average molecular weight is 493 g/mol. The van der Waals surface area contributed by atoms with E-state index in [1.165, 1.54) is 4.90 Å². The van der Waals surface area contributed by atoms with E-state index in [-0.39, 0.29) is 19.7 Å². The van der Waals surface area contributed by atoms with Crippen LogP contribution in [-0.4, -0.2) is 53.6 Å². The van der Waals surface area contributed by atoms with Crippen molar-refractivity contribution in [1.82, 2.24) is 9.88 Å². The number of nitrogens with one attached hydrogen (secondary N) is 1. The zero-order valence-corrected chi connectivity index (χ0v) is 20.3. The molecule has 4 rings (SSSR count). The van der Waals surface area contributed by atoms with Gasteiger partial charge in [0.2, 0.25) is 5.91 Å². The first-order valence-corrected chi connectivity index (χ1v) is 11.5. The minimum Gasteiger partial charge on any atom is -0.497 e. The zero-order valence-electron chi connectivity index (χ0n) is 19.5. The smallest absolute Gasteiger partial charge is 0.256 e. The fraction of sp³-hybridized carbons (Fsp3) is 0.231. The number of benzene rings is 2. The Labute approximate surface area is 211 Å². The van der Waals surface area contributed by atoms with Crippen LogP contribution >= 0.6 is 12.2 Å². The van der Waals surface area contributed by atoms with Crippen molar-refractivity contribution in [3.63, 3.8) is 0 Å². The Balaban J connectivity index is 0.00000361. The number of anilines is 2. The second-order valence-electron chi connectivity index (χ2n) is 7.95. The van der Waals surface area contributed by atoms with Gasteiger partial charge in [0.15, 0.2) is 5.11 Å². The Morgan fingerprint density at radius 3 is 2.20 bits per heavy atom. The summed E-state index contributed by atoms with van der Waals surface area (Å²) in [6.07, 6.45) is 3.83. The molecule has 2 aromatic carbocycles. The van der Waals surface area contributed by atoms with Gasteiger partial charge in [0, 0.05) is 26.1 Å². The number of methoxy groups -OCH3 is 2. The van der Waals surface area contributed by atoms with E-state index in [4.69, 9.17) is 21.7 Å². The summed E-state index contributed by atoms with van der Waals surface area (Å²) in [6.45, 7) is 0.485. The van der Waals surface area contributed by atoms with E-state index < -0.39 is 6.04 Å². The lowest BCUT2D eigenvalue weighted by molar-refractivity contribution is -0.124. The Bertz CT molecular complexity index is 1190. The Morgan fingerprint density at radius 2 is 1.60 bits per heavy atom. The lowest BCUT2D eigenvalue weighted by Gasteiger charge is -2.24. The van der Waals surface area contributed by atoms with Crippen molar-refractivity contribution in [3.8, 4) is 11.5 Å². The van der Waals surface area contributed by atoms with Crippen LogP contribution in [0.4, 0.5) is 11.4 Å². The highest BCUT2D eigenvalue weighted by Crippen LogP contribution is 2.27. The van der Waals surface area contributed by atoms with Crippen molar-refractivity contribution < 1.29 is 20.5 Å². The normalized spacial score (nSPS) is 15.3. The fourth-order valence-corrected chi connectivity index (χ4v) is 4.34. The third-order valence-corrected chi connectivity index (χ3v) is 6.21. The highest BCUT2D eigenvalue weighted by molar-refractivity contribution is 7.80. The molecule has 1 atom stereocenters. The minimum atomic E-state index is -0.716. The molecule has 1 fully saturated rings. The molecule has 0 aliphatic carbocycles. The van der Waals surface area contributed by atoms with Crippen LogP contribution < -0.4 is 19.7 Å². The van der Waals surface area contributed by atoms with Crippen molar-refractivity contribution in [1.29, 1.82) is 0 Å². The summed E-state index contributed by atoms with van der Waals surface area (Å²) >= 11 is 5.71. The number of pyridine rings is 1. The Hall–Kier alpha value is -3.98. The molecule has 0 saturated carbocycles. The van der Waals surface area contributed by atoms with Gasteiger partial charge in [0.05, 0.1) is 26.3 Å². The maximum absolute atomic E-state index is 13.5. The lowest BCUT2D eigenvalue weighted by Crippen LogP contribution is -2.39. The van der Waals surface area contributed by atoms with E-state index in [1.54, 1.807) is 63.0 Å². The summed E-state index contributed by atoms with van der Waals surface area (Å²) in [6, 6.07) is 17.5. The monoisotopic (exact) mass is 492 g/mol. The van der Waals surface area contributed by atoms with Crippen LogP contribution in [0.3, 0.4) is 0 Å². The Morgan fingerprint density at radius 1 is 1.00 bits per heavy atom. The summed E-state index contributed by atoms with van der Waals surface area (Å²) in [5, 5.41) is 3.23. The van der Waals surface area contributed by atoms with Gasteiger partial charge in [-0.2, -0.15) is 0 Å². The highest BCUT2D eigenvalue weighted by Gasteiger charge is 2.43. The van der Waals surface area contributed by atoms with Crippen LogP contribution in [0.1, 0.15) is 13.4 Å². The molecule has 1 N–H and O–H groups in total. The Kier molecular flexibility index (Phi) is 7.57. The van der Waals surface area contributed by atoms with Gasteiger partial charge < -0.3 is 19.7 Å². The number of hydrogen-bond donors (Lipinski definition) is 1. The number of carbonyl (C=O) groups is 2. The molecule has 8 nitrogen and oxygen atoms in total. The first-order valence-electron chi connectivity index (χ1n) is 11.1. The van der Waals surface area contributed by atoms with Gasteiger partial charge in [-0.15, -0.1) is 0 Å². The molecule has 9 heteroatoms. The van der Waals surface area contributed by atoms with Gasteiger partial charge in [0.25, 0.3) is 5.91 Å². The molecule has 182 valence electrons. The molecule has 3 aromatic rings. The van der Waals surface area contributed by atoms with E-state index >= 15 is 0 Å². The van der Waals surface area contributed by atoms with Crippen LogP contribution in [-0.2, 0) is 16.0 Å². The molecule has 1 aromatic heterocycles. The molecule has 35 heavy (non-hydrogen) atoms. The molecule has 1 aliphatic heterocycles. The van der Waals surface area contributed by atoms with Crippen molar-refractivity contribution in [2.45, 2.75) is 18.9 Å². The molecular formula is C26H28N4O4S. The molecule has 1 saturated heterocycles. The number of aromatic nitrogens is 1. The summed E-state index contributed by atoms with van der Waals surface area (Å²) in [5.41, 5.74) is 2.33. The molecule has 2 amide bonds. The largest absolute Gasteiger partial charge is 0.497 e.